The molecule has 2 nitrogen and oxygen atoms in total. The van der Waals surface area contributed by atoms with Gasteiger partial charge in [0, 0.05) is 16.9 Å². The highest BCUT2D eigenvalue weighted by molar-refractivity contribution is 7.80. The molecule has 0 saturated carbocycles. The third-order valence-electron chi connectivity index (χ3n) is 2.49. The smallest absolute Gasteiger partial charge is 0.106 e. The van der Waals surface area contributed by atoms with Crippen molar-refractivity contribution in [3.63, 3.8) is 0 Å². The Morgan fingerprint density at radius 3 is 2.59 bits per heavy atom. The van der Waals surface area contributed by atoms with Crippen LogP contribution in [0.1, 0.15) is 11.1 Å². The summed E-state index contributed by atoms with van der Waals surface area (Å²) in [7, 11) is 0. The van der Waals surface area contributed by atoms with Gasteiger partial charge in [0.1, 0.15) is 4.99 Å². The van der Waals surface area contributed by atoms with Crippen molar-refractivity contribution in [2.24, 2.45) is 5.73 Å². The highest BCUT2D eigenvalue weighted by atomic mass is 32.1. The van der Waals surface area contributed by atoms with E-state index < -0.39 is 0 Å². The van der Waals surface area contributed by atoms with E-state index in [9.17, 15) is 0 Å². The number of benzene rings is 2. The number of hydrogen-bond donors (Lipinski definition) is 2. The summed E-state index contributed by atoms with van der Waals surface area (Å²) in [5.41, 5.74) is 9.74. The molecule has 0 radical (unpaired) electrons. The SMILES string of the molecule is Cc1cccc(Nc2ccccc2C(N)=S)c1. The van der Waals surface area contributed by atoms with Crippen LogP contribution in [0.15, 0.2) is 48.5 Å². The lowest BCUT2D eigenvalue weighted by Gasteiger charge is -2.11. The van der Waals surface area contributed by atoms with Crippen LogP contribution >= 0.6 is 12.2 Å². The summed E-state index contributed by atoms with van der Waals surface area (Å²) in [5.74, 6) is 0. The van der Waals surface area contributed by atoms with Gasteiger partial charge in [0.15, 0.2) is 0 Å². The summed E-state index contributed by atoms with van der Waals surface area (Å²) in [6.07, 6.45) is 0. The minimum absolute atomic E-state index is 0.403. The van der Waals surface area contributed by atoms with E-state index >= 15 is 0 Å². The van der Waals surface area contributed by atoms with Gasteiger partial charge in [0.25, 0.3) is 0 Å². The number of nitrogens with one attached hydrogen (secondary N) is 1. The van der Waals surface area contributed by atoms with Gasteiger partial charge in [-0.3, -0.25) is 0 Å². The molecule has 0 aliphatic heterocycles. The fourth-order valence-electron chi connectivity index (χ4n) is 1.69. The number of aryl methyl sites for hydroxylation is 1. The molecule has 3 N–H and O–H groups in total. The third-order valence-corrected chi connectivity index (χ3v) is 2.71. The monoisotopic (exact) mass is 242 g/mol. The van der Waals surface area contributed by atoms with E-state index in [-0.39, 0.29) is 0 Å². The zero-order chi connectivity index (χ0) is 12.3. The Labute approximate surface area is 106 Å². The summed E-state index contributed by atoms with van der Waals surface area (Å²) in [5, 5.41) is 3.33. The van der Waals surface area contributed by atoms with Crippen molar-refractivity contribution in [2.75, 3.05) is 5.32 Å². The average Bonchev–Trinajstić information content (AvgIpc) is 2.29. The van der Waals surface area contributed by atoms with E-state index in [1.807, 2.05) is 36.4 Å². The van der Waals surface area contributed by atoms with Gasteiger partial charge in [-0.2, -0.15) is 0 Å². The molecular weight excluding hydrogens is 228 g/mol. The van der Waals surface area contributed by atoms with Crippen molar-refractivity contribution in [1.82, 2.24) is 0 Å². The largest absolute Gasteiger partial charge is 0.389 e. The lowest BCUT2D eigenvalue weighted by molar-refractivity contribution is 1.44. The molecule has 0 bridgehead atoms. The zero-order valence-corrected chi connectivity index (χ0v) is 10.4. The Morgan fingerprint density at radius 2 is 1.88 bits per heavy atom. The first-order chi connectivity index (χ1) is 8.16. The minimum Gasteiger partial charge on any atom is -0.389 e. The van der Waals surface area contributed by atoms with Gasteiger partial charge in [-0.1, -0.05) is 36.5 Å². The van der Waals surface area contributed by atoms with E-state index in [2.05, 4.69) is 24.4 Å². The predicted octanol–water partition coefficient (Wildman–Crippen LogP) is 3.37. The Bertz CT molecular complexity index is 549. The first-order valence-electron chi connectivity index (χ1n) is 5.39. The normalized spacial score (nSPS) is 9.94. The van der Waals surface area contributed by atoms with E-state index in [1.54, 1.807) is 0 Å². The highest BCUT2D eigenvalue weighted by Gasteiger charge is 2.04. The molecule has 0 aliphatic carbocycles. The maximum Gasteiger partial charge on any atom is 0.106 e. The van der Waals surface area contributed by atoms with Crippen molar-refractivity contribution in [3.8, 4) is 0 Å². The molecule has 0 aromatic heterocycles. The Kier molecular flexibility index (Phi) is 3.40. The number of thiocarbonyl (C=S) groups is 1. The number of nitrogens with two attached hydrogens (primary N) is 1. The molecule has 2 aromatic rings. The molecule has 0 saturated heterocycles. The molecule has 0 amide bonds. The minimum atomic E-state index is 0.403. The molecule has 0 spiro atoms. The van der Waals surface area contributed by atoms with Crippen LogP contribution in [-0.4, -0.2) is 4.99 Å². The van der Waals surface area contributed by atoms with E-state index in [4.69, 9.17) is 18.0 Å². The molecule has 17 heavy (non-hydrogen) atoms. The van der Waals surface area contributed by atoms with Crippen LogP contribution in [0.25, 0.3) is 0 Å². The maximum absolute atomic E-state index is 5.69. The van der Waals surface area contributed by atoms with Crippen molar-refractivity contribution < 1.29 is 0 Å². The van der Waals surface area contributed by atoms with E-state index in [0.29, 0.717) is 4.99 Å². The molecule has 0 heterocycles. The summed E-state index contributed by atoms with van der Waals surface area (Å²) in [6.45, 7) is 2.06. The number of para-hydroxylation sites is 1. The molecule has 2 rings (SSSR count). The predicted molar refractivity (Wildman–Crippen MR) is 76.8 cm³/mol. The first kappa shape index (κ1) is 11.6. The maximum atomic E-state index is 5.69. The van der Waals surface area contributed by atoms with Crippen LogP contribution in [0.3, 0.4) is 0 Å². The van der Waals surface area contributed by atoms with Gasteiger partial charge in [-0.15, -0.1) is 0 Å². The Hall–Kier alpha value is -1.87. The number of hydrogen-bond acceptors (Lipinski definition) is 2. The fourth-order valence-corrected chi connectivity index (χ4v) is 1.86. The molecule has 2 aromatic carbocycles. The van der Waals surface area contributed by atoms with Crippen LogP contribution in [0.4, 0.5) is 11.4 Å². The molecule has 3 heteroatoms. The molecule has 86 valence electrons. The average molecular weight is 242 g/mol. The van der Waals surface area contributed by atoms with Crippen LogP contribution in [0.5, 0.6) is 0 Å². The fraction of sp³-hybridized carbons (Fsp3) is 0.0714. The van der Waals surface area contributed by atoms with Gasteiger partial charge in [-0.25, -0.2) is 0 Å². The Balaban J connectivity index is 2.33. The van der Waals surface area contributed by atoms with Crippen molar-refractivity contribution in [3.05, 3.63) is 59.7 Å². The molecule has 0 atom stereocenters. The summed E-state index contributed by atoms with van der Waals surface area (Å²) >= 11 is 5.03. The summed E-state index contributed by atoms with van der Waals surface area (Å²) in [4.78, 5) is 0.403. The van der Waals surface area contributed by atoms with Crippen LogP contribution in [0, 0.1) is 6.92 Å². The van der Waals surface area contributed by atoms with Crippen LogP contribution < -0.4 is 11.1 Å². The first-order valence-corrected chi connectivity index (χ1v) is 5.80. The van der Waals surface area contributed by atoms with Crippen LogP contribution in [-0.2, 0) is 0 Å². The highest BCUT2D eigenvalue weighted by Crippen LogP contribution is 2.21. The second kappa shape index (κ2) is 4.97. The van der Waals surface area contributed by atoms with Crippen molar-refractivity contribution in [1.29, 1.82) is 0 Å². The third kappa shape index (κ3) is 2.82. The molecule has 0 fully saturated rings. The standard InChI is InChI=1S/C14H14N2S/c1-10-5-4-6-11(9-10)16-13-8-3-2-7-12(13)14(15)17/h2-9,16H,1H3,(H2,15,17). The second-order valence-corrected chi connectivity index (χ2v) is 4.34. The van der Waals surface area contributed by atoms with Gasteiger partial charge in [-0.05, 0) is 36.8 Å². The quantitative estimate of drug-likeness (QED) is 0.810. The molecule has 0 unspecified atom stereocenters. The van der Waals surface area contributed by atoms with Crippen molar-refractivity contribution >= 4 is 28.6 Å². The van der Waals surface area contributed by atoms with Gasteiger partial charge in [0.05, 0.1) is 0 Å². The molecule has 0 aliphatic rings. The number of anilines is 2. The van der Waals surface area contributed by atoms with Gasteiger partial charge < -0.3 is 11.1 Å². The summed E-state index contributed by atoms with van der Waals surface area (Å²) < 4.78 is 0. The number of rotatable bonds is 3. The topological polar surface area (TPSA) is 38.0 Å². The Morgan fingerprint density at radius 1 is 1.12 bits per heavy atom. The van der Waals surface area contributed by atoms with Crippen LogP contribution in [0.2, 0.25) is 0 Å². The van der Waals surface area contributed by atoms with Gasteiger partial charge in [0.2, 0.25) is 0 Å². The van der Waals surface area contributed by atoms with E-state index in [0.717, 1.165) is 16.9 Å². The summed E-state index contributed by atoms with van der Waals surface area (Å²) in [6, 6.07) is 15.9. The lowest BCUT2D eigenvalue weighted by atomic mass is 10.1. The van der Waals surface area contributed by atoms with Gasteiger partial charge >= 0.3 is 0 Å². The molecular formula is C14H14N2S. The lowest BCUT2D eigenvalue weighted by Crippen LogP contribution is -2.11. The second-order valence-electron chi connectivity index (χ2n) is 3.90. The zero-order valence-electron chi connectivity index (χ0n) is 9.60. The van der Waals surface area contributed by atoms with E-state index in [1.165, 1.54) is 5.56 Å². The van der Waals surface area contributed by atoms with Crippen molar-refractivity contribution in [2.45, 2.75) is 6.92 Å².